The number of rotatable bonds is 9. The summed E-state index contributed by atoms with van der Waals surface area (Å²) < 4.78 is 6.24. The van der Waals surface area contributed by atoms with Crippen molar-refractivity contribution in [3.8, 4) is 0 Å². The lowest BCUT2D eigenvalue weighted by Crippen LogP contribution is -2.42. The zero-order chi connectivity index (χ0) is 17.4. The van der Waals surface area contributed by atoms with Crippen LogP contribution in [0.5, 0.6) is 0 Å². The molecule has 0 aromatic carbocycles. The van der Waals surface area contributed by atoms with Crippen molar-refractivity contribution in [3.05, 3.63) is 20.8 Å². The Kier molecular flexibility index (Phi) is 7.84. The first-order chi connectivity index (χ1) is 11.0. The van der Waals surface area contributed by atoms with Crippen LogP contribution in [0.3, 0.4) is 0 Å². The van der Waals surface area contributed by atoms with Gasteiger partial charge in [-0.3, -0.25) is 19.1 Å². The normalized spacial score (nSPS) is 10.7. The number of carbonyl (C=O) groups excluding carboxylic acids is 1. The van der Waals surface area contributed by atoms with Crippen molar-refractivity contribution < 1.29 is 9.53 Å². The molecular weight excluding hydrogens is 324 g/mol. The molecule has 1 heterocycles. The van der Waals surface area contributed by atoms with Crippen LogP contribution < -0.4 is 21.9 Å². The maximum Gasteiger partial charge on any atom is 0.330 e. The molecule has 0 radical (unpaired) electrons. The number of aromatic amines is 1. The Morgan fingerprint density at radius 3 is 2.70 bits per heavy atom. The van der Waals surface area contributed by atoms with Crippen molar-refractivity contribution in [2.75, 3.05) is 36.8 Å². The summed E-state index contributed by atoms with van der Waals surface area (Å²) in [6.07, 6.45) is 1.32. The Morgan fingerprint density at radius 2 is 2.13 bits per heavy atom. The molecule has 0 aliphatic rings. The summed E-state index contributed by atoms with van der Waals surface area (Å²) in [5.74, 6) is 0.0305. The van der Waals surface area contributed by atoms with Gasteiger partial charge in [-0.25, -0.2) is 4.79 Å². The number of hydrogen-bond donors (Lipinski definition) is 2. The topological polar surface area (TPSA) is 110 Å². The molecule has 0 bridgehead atoms. The zero-order valence-electron chi connectivity index (χ0n) is 13.4. The molecule has 0 unspecified atom stereocenters. The van der Waals surface area contributed by atoms with Gasteiger partial charge in [0.15, 0.2) is 5.69 Å². The van der Waals surface area contributed by atoms with E-state index in [0.717, 1.165) is 0 Å². The predicted molar refractivity (Wildman–Crippen MR) is 90.2 cm³/mol. The summed E-state index contributed by atoms with van der Waals surface area (Å²) in [6, 6.07) is 0. The van der Waals surface area contributed by atoms with E-state index in [0.29, 0.717) is 25.3 Å². The van der Waals surface area contributed by atoms with Crippen LogP contribution in [0, 0.1) is 0 Å². The molecule has 1 amide bonds. The monoisotopic (exact) mass is 346 g/mol. The number of aromatic nitrogens is 2. The molecule has 0 saturated heterocycles. The van der Waals surface area contributed by atoms with Gasteiger partial charge in [0.25, 0.3) is 5.56 Å². The van der Waals surface area contributed by atoms with Crippen molar-refractivity contribution in [3.63, 3.8) is 0 Å². The van der Waals surface area contributed by atoms with Crippen molar-refractivity contribution in [1.82, 2.24) is 9.55 Å². The second-order valence-corrected chi connectivity index (χ2v) is 5.35. The number of H-pyrrole nitrogens is 1. The standard InChI is InChI=1S/C14H23ClN4O4/c1-3-7-19-12(16)11(13(21)17-14(19)22)18(8-9-23-2)10(20)5-4-6-15/h3-9,16H2,1-2H3,(H,17,21,22). The molecule has 1 aromatic rings. The van der Waals surface area contributed by atoms with E-state index in [4.69, 9.17) is 22.1 Å². The van der Waals surface area contributed by atoms with Crippen LogP contribution in [0.15, 0.2) is 9.59 Å². The average Bonchev–Trinajstić information content (AvgIpc) is 2.52. The molecule has 8 nitrogen and oxygen atoms in total. The molecule has 1 aromatic heterocycles. The zero-order valence-corrected chi connectivity index (χ0v) is 14.2. The minimum Gasteiger partial charge on any atom is -0.383 e. The summed E-state index contributed by atoms with van der Waals surface area (Å²) in [5.41, 5.74) is 4.70. The van der Waals surface area contributed by atoms with Gasteiger partial charge in [-0.15, -0.1) is 11.6 Å². The number of alkyl halides is 1. The molecule has 0 aliphatic carbocycles. The third-order valence-corrected chi connectivity index (χ3v) is 3.54. The highest BCUT2D eigenvalue weighted by Crippen LogP contribution is 2.18. The minimum absolute atomic E-state index is 0.0177. The first-order valence-electron chi connectivity index (χ1n) is 7.45. The van der Waals surface area contributed by atoms with Gasteiger partial charge in [-0.1, -0.05) is 6.92 Å². The van der Waals surface area contributed by atoms with Gasteiger partial charge in [0.1, 0.15) is 5.82 Å². The molecule has 0 saturated carbocycles. The number of ether oxygens (including phenoxy) is 1. The van der Waals surface area contributed by atoms with Crippen LogP contribution in [-0.2, 0) is 16.1 Å². The van der Waals surface area contributed by atoms with Crippen LogP contribution in [0.1, 0.15) is 26.2 Å². The average molecular weight is 347 g/mol. The van der Waals surface area contributed by atoms with Crippen molar-refractivity contribution in [2.24, 2.45) is 0 Å². The number of anilines is 2. The highest BCUT2D eigenvalue weighted by Gasteiger charge is 2.23. The molecule has 23 heavy (non-hydrogen) atoms. The number of nitrogen functional groups attached to an aromatic ring is 1. The second kappa shape index (κ2) is 9.36. The third kappa shape index (κ3) is 4.84. The van der Waals surface area contributed by atoms with Crippen LogP contribution in [0.25, 0.3) is 0 Å². The summed E-state index contributed by atoms with van der Waals surface area (Å²) >= 11 is 5.62. The first-order valence-corrected chi connectivity index (χ1v) is 7.99. The summed E-state index contributed by atoms with van der Waals surface area (Å²) in [4.78, 5) is 39.9. The van der Waals surface area contributed by atoms with E-state index >= 15 is 0 Å². The molecule has 0 spiro atoms. The molecule has 9 heteroatoms. The van der Waals surface area contributed by atoms with Gasteiger partial charge in [0.2, 0.25) is 5.91 Å². The van der Waals surface area contributed by atoms with Crippen LogP contribution in [0.2, 0.25) is 0 Å². The van der Waals surface area contributed by atoms with Gasteiger partial charge in [0, 0.05) is 32.5 Å². The number of halogens is 1. The van der Waals surface area contributed by atoms with Gasteiger partial charge in [-0.2, -0.15) is 0 Å². The van der Waals surface area contributed by atoms with E-state index in [1.54, 1.807) is 0 Å². The quantitative estimate of drug-likeness (QED) is 0.633. The van der Waals surface area contributed by atoms with E-state index in [-0.39, 0.29) is 37.0 Å². The number of methoxy groups -OCH3 is 1. The fourth-order valence-electron chi connectivity index (χ4n) is 2.18. The van der Waals surface area contributed by atoms with E-state index in [2.05, 4.69) is 4.98 Å². The first kappa shape index (κ1) is 19.2. The molecular formula is C14H23ClN4O4. The predicted octanol–water partition coefficient (Wildman–Crippen LogP) is 0.527. The summed E-state index contributed by atoms with van der Waals surface area (Å²) in [6.45, 7) is 2.63. The number of nitrogens with one attached hydrogen (secondary N) is 1. The van der Waals surface area contributed by atoms with Gasteiger partial charge < -0.3 is 15.4 Å². The van der Waals surface area contributed by atoms with Gasteiger partial charge in [0.05, 0.1) is 6.61 Å². The van der Waals surface area contributed by atoms with Gasteiger partial charge >= 0.3 is 5.69 Å². The van der Waals surface area contributed by atoms with Crippen molar-refractivity contribution >= 4 is 29.0 Å². The fraction of sp³-hybridized carbons (Fsp3) is 0.643. The summed E-state index contributed by atoms with van der Waals surface area (Å²) in [7, 11) is 1.49. The second-order valence-electron chi connectivity index (χ2n) is 4.98. The Hall–Kier alpha value is -1.80. The van der Waals surface area contributed by atoms with E-state index in [1.807, 2.05) is 6.92 Å². The van der Waals surface area contributed by atoms with Crippen LogP contribution >= 0.6 is 11.6 Å². The molecule has 3 N–H and O–H groups in total. The largest absolute Gasteiger partial charge is 0.383 e. The summed E-state index contributed by atoms with van der Waals surface area (Å²) in [5, 5.41) is 0. The lowest BCUT2D eigenvalue weighted by molar-refractivity contribution is -0.118. The Balaban J connectivity index is 3.34. The highest BCUT2D eigenvalue weighted by atomic mass is 35.5. The lowest BCUT2D eigenvalue weighted by Gasteiger charge is -2.24. The fourth-order valence-corrected chi connectivity index (χ4v) is 2.31. The number of hydrogen-bond acceptors (Lipinski definition) is 5. The highest BCUT2D eigenvalue weighted by molar-refractivity contribution is 6.18. The van der Waals surface area contributed by atoms with Crippen molar-refractivity contribution in [2.45, 2.75) is 32.7 Å². The number of carbonyl (C=O) groups is 1. The van der Waals surface area contributed by atoms with Crippen LogP contribution in [0.4, 0.5) is 11.5 Å². The Morgan fingerprint density at radius 1 is 1.43 bits per heavy atom. The molecule has 130 valence electrons. The SMILES string of the molecule is CCCn1c(N)c(N(CCOC)C(=O)CCCCl)c(=O)[nH]c1=O. The smallest absolute Gasteiger partial charge is 0.330 e. The van der Waals surface area contributed by atoms with Crippen LogP contribution in [-0.4, -0.2) is 41.6 Å². The molecule has 0 atom stereocenters. The third-order valence-electron chi connectivity index (χ3n) is 3.28. The number of amides is 1. The Bertz CT molecular complexity index is 641. The van der Waals surface area contributed by atoms with Crippen molar-refractivity contribution in [1.29, 1.82) is 0 Å². The Labute approximate surface area is 139 Å². The van der Waals surface area contributed by atoms with E-state index in [9.17, 15) is 14.4 Å². The van der Waals surface area contributed by atoms with E-state index in [1.165, 1.54) is 16.6 Å². The maximum absolute atomic E-state index is 12.4. The number of nitrogens with zero attached hydrogens (tertiary/aromatic N) is 2. The molecule has 0 aliphatic heterocycles. The molecule has 0 fully saturated rings. The number of nitrogens with two attached hydrogens (primary N) is 1. The minimum atomic E-state index is -0.685. The maximum atomic E-state index is 12.4. The lowest BCUT2D eigenvalue weighted by atomic mass is 10.2. The van der Waals surface area contributed by atoms with Gasteiger partial charge in [-0.05, 0) is 12.8 Å². The van der Waals surface area contributed by atoms with E-state index < -0.39 is 11.2 Å². The molecule has 1 rings (SSSR count).